The Morgan fingerprint density at radius 1 is 1.13 bits per heavy atom. The Hall–Kier alpha value is -2.62. The van der Waals surface area contributed by atoms with E-state index >= 15 is 0 Å². The normalized spacial score (nSPS) is 18.2. The second-order valence-electron chi connectivity index (χ2n) is 7.20. The highest BCUT2D eigenvalue weighted by atomic mass is 19.4. The predicted octanol–water partition coefficient (Wildman–Crippen LogP) is 3.15. The average molecular weight is 444 g/mol. The number of benzene rings is 1. The molecule has 31 heavy (non-hydrogen) atoms. The Morgan fingerprint density at radius 2 is 1.74 bits per heavy atom. The SMILES string of the molecule is COC[C@@H]1CCCN1/N=C(/C[C@@H](c1ccccc1)C(C(=O)OC)C(=O)OC)C(F)(F)F. The molecule has 0 N–H and O–H groups in total. The van der Waals surface area contributed by atoms with Crippen molar-refractivity contribution in [1.29, 1.82) is 0 Å². The number of nitrogens with zero attached hydrogens (tertiary/aromatic N) is 2. The van der Waals surface area contributed by atoms with Gasteiger partial charge in [0.25, 0.3) is 0 Å². The van der Waals surface area contributed by atoms with Gasteiger partial charge >= 0.3 is 18.1 Å². The molecule has 1 aromatic rings. The van der Waals surface area contributed by atoms with Crippen molar-refractivity contribution in [3.8, 4) is 0 Å². The van der Waals surface area contributed by atoms with Gasteiger partial charge in [-0.05, 0) is 18.4 Å². The predicted molar refractivity (Wildman–Crippen MR) is 106 cm³/mol. The monoisotopic (exact) mass is 444 g/mol. The molecule has 2 rings (SSSR count). The maximum absolute atomic E-state index is 14.0. The molecule has 1 saturated heterocycles. The van der Waals surface area contributed by atoms with Gasteiger partial charge in [-0.2, -0.15) is 18.3 Å². The summed E-state index contributed by atoms with van der Waals surface area (Å²) in [6.45, 7) is 0.616. The molecule has 7 nitrogen and oxygen atoms in total. The quantitative estimate of drug-likeness (QED) is 0.331. The van der Waals surface area contributed by atoms with Crippen molar-refractivity contribution in [3.05, 3.63) is 35.9 Å². The number of esters is 2. The summed E-state index contributed by atoms with van der Waals surface area (Å²) in [5, 5.41) is 5.28. The van der Waals surface area contributed by atoms with Crippen molar-refractivity contribution in [2.45, 2.75) is 37.4 Å². The van der Waals surface area contributed by atoms with Crippen LogP contribution in [0.5, 0.6) is 0 Å². The van der Waals surface area contributed by atoms with E-state index in [0.717, 1.165) is 14.2 Å². The van der Waals surface area contributed by atoms with Crippen LogP contribution in [0.2, 0.25) is 0 Å². The molecule has 1 aliphatic heterocycles. The zero-order chi connectivity index (χ0) is 23.0. The van der Waals surface area contributed by atoms with Gasteiger partial charge in [-0.1, -0.05) is 30.3 Å². The van der Waals surface area contributed by atoms with Gasteiger partial charge in [-0.25, -0.2) is 0 Å². The van der Waals surface area contributed by atoms with E-state index in [0.29, 0.717) is 24.9 Å². The maximum Gasteiger partial charge on any atom is 0.431 e. The molecule has 1 aliphatic rings. The number of hydrogen-bond acceptors (Lipinski definition) is 7. The van der Waals surface area contributed by atoms with E-state index in [1.165, 1.54) is 12.1 Å². The zero-order valence-corrected chi connectivity index (χ0v) is 17.7. The Kier molecular flexibility index (Phi) is 8.85. The number of alkyl halides is 3. The fraction of sp³-hybridized carbons (Fsp3) is 0.571. The molecule has 1 heterocycles. The minimum absolute atomic E-state index is 0.254. The second kappa shape index (κ2) is 11.1. The standard InChI is InChI=1S/C21H27F3N2O5/c1-29-13-15-10-7-11-26(15)25-17(21(22,23)24)12-16(14-8-5-4-6-9-14)18(19(27)30-2)20(28)31-3/h4-6,8-9,15-16,18H,7,10-13H2,1-3H3/b25-17-/t15-,16-/m0/s1. The van der Waals surface area contributed by atoms with Gasteiger partial charge in [0.15, 0.2) is 5.92 Å². The molecule has 10 heteroatoms. The van der Waals surface area contributed by atoms with E-state index < -0.39 is 42.1 Å². The molecule has 1 fully saturated rings. The Morgan fingerprint density at radius 3 is 2.26 bits per heavy atom. The van der Waals surface area contributed by atoms with Crippen LogP contribution < -0.4 is 0 Å². The first-order valence-electron chi connectivity index (χ1n) is 9.83. The lowest BCUT2D eigenvalue weighted by Crippen LogP contribution is -2.37. The van der Waals surface area contributed by atoms with Crippen molar-refractivity contribution in [2.75, 3.05) is 34.5 Å². The molecule has 2 atom stereocenters. The molecule has 0 radical (unpaired) electrons. The Bertz CT molecular complexity index is 754. The van der Waals surface area contributed by atoms with Gasteiger partial charge < -0.3 is 14.2 Å². The number of carbonyl (C=O) groups is 2. The minimum atomic E-state index is -4.76. The number of halogens is 3. The summed E-state index contributed by atoms with van der Waals surface area (Å²) in [7, 11) is 3.62. The molecule has 0 bridgehead atoms. The van der Waals surface area contributed by atoms with Crippen LogP contribution in [0.25, 0.3) is 0 Å². The van der Waals surface area contributed by atoms with E-state index in [1.54, 1.807) is 30.3 Å². The summed E-state index contributed by atoms with van der Waals surface area (Å²) >= 11 is 0. The van der Waals surface area contributed by atoms with Crippen LogP contribution >= 0.6 is 0 Å². The molecule has 0 aromatic heterocycles. The fourth-order valence-electron chi connectivity index (χ4n) is 3.70. The fourth-order valence-corrected chi connectivity index (χ4v) is 3.70. The molecule has 0 saturated carbocycles. The largest absolute Gasteiger partial charge is 0.468 e. The maximum atomic E-state index is 14.0. The van der Waals surface area contributed by atoms with Crippen LogP contribution in [-0.2, 0) is 23.8 Å². The van der Waals surface area contributed by atoms with Gasteiger partial charge in [0.1, 0.15) is 5.71 Å². The first-order chi connectivity index (χ1) is 14.7. The molecular weight excluding hydrogens is 417 g/mol. The first-order valence-corrected chi connectivity index (χ1v) is 9.83. The first kappa shape index (κ1) is 24.6. The lowest BCUT2D eigenvalue weighted by molar-refractivity contribution is -0.160. The van der Waals surface area contributed by atoms with Crippen molar-refractivity contribution >= 4 is 17.7 Å². The van der Waals surface area contributed by atoms with E-state index in [4.69, 9.17) is 14.2 Å². The Balaban J connectivity index is 2.49. The molecule has 1 aromatic carbocycles. The van der Waals surface area contributed by atoms with Crippen molar-refractivity contribution < 1.29 is 37.0 Å². The summed E-state index contributed by atoms with van der Waals surface area (Å²) in [6, 6.07) is 7.77. The van der Waals surface area contributed by atoms with Crippen molar-refractivity contribution in [3.63, 3.8) is 0 Å². The average Bonchev–Trinajstić information content (AvgIpc) is 3.19. The highest BCUT2D eigenvalue weighted by Crippen LogP contribution is 2.35. The van der Waals surface area contributed by atoms with E-state index in [1.807, 2.05) is 0 Å². The smallest absolute Gasteiger partial charge is 0.431 e. The number of hydrazone groups is 1. The molecule has 0 amide bonds. The number of rotatable bonds is 9. The summed E-state index contributed by atoms with van der Waals surface area (Å²) < 4.78 is 56.4. The van der Waals surface area contributed by atoms with E-state index in [2.05, 4.69) is 5.10 Å². The van der Waals surface area contributed by atoms with Gasteiger partial charge in [0, 0.05) is 26.0 Å². The van der Waals surface area contributed by atoms with Crippen LogP contribution in [0.3, 0.4) is 0 Å². The van der Waals surface area contributed by atoms with Crippen LogP contribution in [0.15, 0.2) is 35.4 Å². The molecule has 172 valence electrons. The van der Waals surface area contributed by atoms with Crippen LogP contribution in [0.4, 0.5) is 13.2 Å². The highest BCUT2D eigenvalue weighted by molar-refractivity contribution is 5.98. The van der Waals surface area contributed by atoms with Gasteiger partial charge in [0.2, 0.25) is 0 Å². The highest BCUT2D eigenvalue weighted by Gasteiger charge is 2.44. The topological polar surface area (TPSA) is 77.4 Å². The van der Waals surface area contributed by atoms with Crippen LogP contribution in [0.1, 0.15) is 30.7 Å². The molecule has 0 spiro atoms. The summed E-state index contributed by atoms with van der Waals surface area (Å²) in [5.74, 6) is -4.69. The third-order valence-corrected chi connectivity index (χ3v) is 5.24. The number of carbonyl (C=O) groups excluding carboxylic acids is 2. The van der Waals surface area contributed by atoms with Crippen molar-refractivity contribution in [1.82, 2.24) is 5.01 Å². The molecule has 0 unspecified atom stereocenters. The summed E-state index contributed by atoms with van der Waals surface area (Å²) in [6.07, 6.45) is -4.10. The lowest BCUT2D eigenvalue weighted by atomic mass is 9.82. The Labute approximate surface area is 179 Å². The third kappa shape index (κ3) is 6.43. The number of hydrogen-bond donors (Lipinski definition) is 0. The molecular formula is C21H27F3N2O5. The second-order valence-corrected chi connectivity index (χ2v) is 7.20. The number of ether oxygens (including phenoxy) is 3. The zero-order valence-electron chi connectivity index (χ0n) is 17.7. The summed E-state index contributed by atoms with van der Waals surface area (Å²) in [4.78, 5) is 24.7. The van der Waals surface area contributed by atoms with Crippen LogP contribution in [0, 0.1) is 5.92 Å². The molecule has 0 aliphatic carbocycles. The van der Waals surface area contributed by atoms with E-state index in [-0.39, 0.29) is 12.6 Å². The number of methoxy groups -OCH3 is 3. The van der Waals surface area contributed by atoms with E-state index in [9.17, 15) is 22.8 Å². The third-order valence-electron chi connectivity index (χ3n) is 5.24. The van der Waals surface area contributed by atoms with Crippen LogP contribution in [-0.4, -0.2) is 69.4 Å². The minimum Gasteiger partial charge on any atom is -0.468 e. The summed E-state index contributed by atoms with van der Waals surface area (Å²) in [5.41, 5.74) is -0.711. The lowest BCUT2D eigenvalue weighted by Gasteiger charge is -2.27. The van der Waals surface area contributed by atoms with Gasteiger partial charge in [-0.3, -0.25) is 14.6 Å². The van der Waals surface area contributed by atoms with Gasteiger partial charge in [0.05, 0.1) is 26.9 Å². The van der Waals surface area contributed by atoms with Crippen molar-refractivity contribution in [2.24, 2.45) is 11.0 Å². The van der Waals surface area contributed by atoms with Gasteiger partial charge in [-0.15, -0.1) is 0 Å².